The van der Waals surface area contributed by atoms with Gasteiger partial charge >= 0.3 is 0 Å². The number of hydrogen-bond donors (Lipinski definition) is 1. The van der Waals surface area contributed by atoms with Crippen molar-refractivity contribution in [2.75, 3.05) is 12.8 Å². The standard InChI is InChI=1S/C9H12BrNO2S/c1-14(12,13)9-4-2-3-8(10)7(9)5-6-11/h2-4H,5-6,11H2,1H3. The van der Waals surface area contributed by atoms with Crippen LogP contribution in [0, 0.1) is 0 Å². The molecule has 3 nitrogen and oxygen atoms in total. The monoisotopic (exact) mass is 277 g/mol. The van der Waals surface area contributed by atoms with Gasteiger partial charge in [0.1, 0.15) is 0 Å². The first-order valence-electron chi connectivity index (χ1n) is 4.14. The largest absolute Gasteiger partial charge is 0.330 e. The van der Waals surface area contributed by atoms with E-state index in [0.717, 1.165) is 10.0 Å². The highest BCUT2D eigenvalue weighted by Crippen LogP contribution is 2.24. The summed E-state index contributed by atoms with van der Waals surface area (Å²) in [7, 11) is -3.16. The molecule has 0 atom stereocenters. The molecule has 0 aliphatic heterocycles. The zero-order chi connectivity index (χ0) is 10.8. The average molecular weight is 278 g/mol. The predicted molar refractivity (Wildman–Crippen MR) is 60.0 cm³/mol. The minimum absolute atomic E-state index is 0.359. The second kappa shape index (κ2) is 4.42. The van der Waals surface area contributed by atoms with Gasteiger partial charge in [0.25, 0.3) is 0 Å². The summed E-state index contributed by atoms with van der Waals surface area (Å²) in [6, 6.07) is 5.13. The second-order valence-corrected chi connectivity index (χ2v) is 5.87. The number of benzene rings is 1. The van der Waals surface area contributed by atoms with Crippen molar-refractivity contribution in [1.29, 1.82) is 0 Å². The van der Waals surface area contributed by atoms with Gasteiger partial charge in [-0.25, -0.2) is 8.42 Å². The maximum Gasteiger partial charge on any atom is 0.175 e. The molecule has 0 bridgehead atoms. The lowest BCUT2D eigenvalue weighted by molar-refractivity contribution is 0.600. The van der Waals surface area contributed by atoms with Crippen molar-refractivity contribution in [3.05, 3.63) is 28.2 Å². The van der Waals surface area contributed by atoms with Crippen LogP contribution in [0.4, 0.5) is 0 Å². The summed E-state index contributed by atoms with van der Waals surface area (Å²) in [5.41, 5.74) is 6.19. The van der Waals surface area contributed by atoms with E-state index in [4.69, 9.17) is 5.73 Å². The Kier molecular flexibility index (Phi) is 3.69. The van der Waals surface area contributed by atoms with E-state index < -0.39 is 9.84 Å². The van der Waals surface area contributed by atoms with E-state index in [1.807, 2.05) is 6.07 Å². The molecule has 0 aliphatic rings. The van der Waals surface area contributed by atoms with E-state index in [9.17, 15) is 8.42 Å². The molecule has 0 saturated heterocycles. The predicted octanol–water partition coefficient (Wildman–Crippen LogP) is 1.35. The molecule has 14 heavy (non-hydrogen) atoms. The van der Waals surface area contributed by atoms with Crippen molar-refractivity contribution in [3.8, 4) is 0 Å². The van der Waals surface area contributed by atoms with Gasteiger partial charge in [-0.15, -0.1) is 0 Å². The molecule has 0 aromatic heterocycles. The molecule has 0 aliphatic carbocycles. The highest BCUT2D eigenvalue weighted by Gasteiger charge is 2.14. The Bertz CT molecular complexity index is 428. The first-order valence-corrected chi connectivity index (χ1v) is 6.82. The fraction of sp³-hybridized carbons (Fsp3) is 0.333. The second-order valence-electron chi connectivity index (χ2n) is 3.03. The van der Waals surface area contributed by atoms with Gasteiger partial charge in [-0.1, -0.05) is 22.0 Å². The van der Waals surface area contributed by atoms with Gasteiger partial charge in [0.15, 0.2) is 9.84 Å². The third-order valence-electron chi connectivity index (χ3n) is 1.87. The van der Waals surface area contributed by atoms with Gasteiger partial charge in [-0.3, -0.25) is 0 Å². The lowest BCUT2D eigenvalue weighted by Gasteiger charge is -2.08. The molecule has 5 heteroatoms. The van der Waals surface area contributed by atoms with Crippen LogP contribution in [0.5, 0.6) is 0 Å². The average Bonchev–Trinajstić information content (AvgIpc) is 2.07. The van der Waals surface area contributed by atoms with Crippen LogP contribution >= 0.6 is 15.9 Å². The lowest BCUT2D eigenvalue weighted by atomic mass is 10.1. The van der Waals surface area contributed by atoms with Crippen LogP contribution in [0.2, 0.25) is 0 Å². The molecular weight excluding hydrogens is 266 g/mol. The first-order chi connectivity index (χ1) is 6.46. The van der Waals surface area contributed by atoms with Gasteiger partial charge in [0.05, 0.1) is 4.90 Å². The van der Waals surface area contributed by atoms with E-state index in [2.05, 4.69) is 15.9 Å². The van der Waals surface area contributed by atoms with E-state index in [1.54, 1.807) is 12.1 Å². The smallest absolute Gasteiger partial charge is 0.175 e. The number of sulfone groups is 1. The highest BCUT2D eigenvalue weighted by atomic mass is 79.9. The molecule has 1 aromatic rings. The molecule has 0 fully saturated rings. The molecule has 0 spiro atoms. The molecule has 0 heterocycles. The fourth-order valence-corrected chi connectivity index (χ4v) is 2.95. The maximum atomic E-state index is 11.4. The third-order valence-corrected chi connectivity index (χ3v) is 3.79. The summed E-state index contributed by atoms with van der Waals surface area (Å²) in [4.78, 5) is 0.359. The van der Waals surface area contributed by atoms with Crippen LogP contribution in [-0.4, -0.2) is 21.2 Å². The van der Waals surface area contributed by atoms with Crippen molar-refractivity contribution < 1.29 is 8.42 Å². The molecule has 2 N–H and O–H groups in total. The number of rotatable bonds is 3. The molecule has 1 rings (SSSR count). The zero-order valence-corrected chi connectivity index (χ0v) is 10.2. The summed E-state index contributed by atoms with van der Waals surface area (Å²) < 4.78 is 23.6. The fourth-order valence-electron chi connectivity index (χ4n) is 1.27. The Balaban J connectivity index is 3.36. The quantitative estimate of drug-likeness (QED) is 0.908. The summed E-state index contributed by atoms with van der Waals surface area (Å²) in [5, 5.41) is 0. The maximum absolute atomic E-state index is 11.4. The van der Waals surface area contributed by atoms with Gasteiger partial charge < -0.3 is 5.73 Å². The van der Waals surface area contributed by atoms with Crippen LogP contribution in [-0.2, 0) is 16.3 Å². The van der Waals surface area contributed by atoms with Crippen molar-refractivity contribution in [1.82, 2.24) is 0 Å². The molecule has 1 aromatic carbocycles. The zero-order valence-electron chi connectivity index (χ0n) is 7.83. The normalized spacial score (nSPS) is 11.6. The molecule has 0 radical (unpaired) electrons. The van der Waals surface area contributed by atoms with E-state index in [1.165, 1.54) is 6.26 Å². The van der Waals surface area contributed by atoms with Crippen LogP contribution in [0.15, 0.2) is 27.6 Å². The van der Waals surface area contributed by atoms with Crippen molar-refractivity contribution >= 4 is 25.8 Å². The van der Waals surface area contributed by atoms with Crippen LogP contribution in [0.1, 0.15) is 5.56 Å². The van der Waals surface area contributed by atoms with Crippen molar-refractivity contribution in [2.24, 2.45) is 5.73 Å². The Morgan fingerprint density at radius 2 is 2.07 bits per heavy atom. The van der Waals surface area contributed by atoms with Gasteiger partial charge in [0.2, 0.25) is 0 Å². The van der Waals surface area contributed by atoms with E-state index in [-0.39, 0.29) is 0 Å². The van der Waals surface area contributed by atoms with E-state index in [0.29, 0.717) is 17.9 Å². The minimum Gasteiger partial charge on any atom is -0.330 e. The van der Waals surface area contributed by atoms with Gasteiger partial charge in [-0.05, 0) is 30.7 Å². The van der Waals surface area contributed by atoms with Crippen molar-refractivity contribution in [3.63, 3.8) is 0 Å². The highest BCUT2D eigenvalue weighted by molar-refractivity contribution is 9.10. The van der Waals surface area contributed by atoms with E-state index >= 15 is 0 Å². The minimum atomic E-state index is -3.16. The Morgan fingerprint density at radius 3 is 2.57 bits per heavy atom. The number of nitrogens with two attached hydrogens (primary N) is 1. The van der Waals surface area contributed by atoms with Crippen LogP contribution in [0.3, 0.4) is 0 Å². The molecule has 0 amide bonds. The first kappa shape index (κ1) is 11.7. The summed E-state index contributed by atoms with van der Waals surface area (Å²) in [6.07, 6.45) is 1.76. The Labute approximate surface area is 92.4 Å². The molecule has 0 saturated carbocycles. The number of hydrogen-bond acceptors (Lipinski definition) is 3. The van der Waals surface area contributed by atoms with Crippen LogP contribution in [0.25, 0.3) is 0 Å². The number of halogens is 1. The summed E-state index contributed by atoms with van der Waals surface area (Å²) in [5.74, 6) is 0. The van der Waals surface area contributed by atoms with Crippen molar-refractivity contribution in [2.45, 2.75) is 11.3 Å². The summed E-state index contributed by atoms with van der Waals surface area (Å²) in [6.45, 7) is 0.436. The molecule has 78 valence electrons. The Morgan fingerprint density at radius 1 is 1.43 bits per heavy atom. The van der Waals surface area contributed by atoms with Crippen LogP contribution < -0.4 is 5.73 Å². The molecule has 0 unspecified atom stereocenters. The Hall–Kier alpha value is -0.390. The van der Waals surface area contributed by atoms with Gasteiger partial charge in [-0.2, -0.15) is 0 Å². The summed E-state index contributed by atoms with van der Waals surface area (Å²) >= 11 is 3.32. The SMILES string of the molecule is CS(=O)(=O)c1cccc(Br)c1CCN. The topological polar surface area (TPSA) is 60.2 Å². The lowest BCUT2D eigenvalue weighted by Crippen LogP contribution is -2.09. The third kappa shape index (κ3) is 2.56. The molecular formula is C9H12BrNO2S. The van der Waals surface area contributed by atoms with Gasteiger partial charge in [0, 0.05) is 10.7 Å².